The van der Waals surface area contributed by atoms with Gasteiger partial charge in [0.05, 0.1) is 18.3 Å². The van der Waals surface area contributed by atoms with Crippen LogP contribution in [0.4, 0.5) is 0 Å². The number of hydrogen-bond acceptors (Lipinski definition) is 6. The van der Waals surface area contributed by atoms with Gasteiger partial charge in [-0.25, -0.2) is 4.98 Å². The number of carbonyl (C=O) groups is 3. The van der Waals surface area contributed by atoms with Crippen molar-refractivity contribution >= 4 is 17.8 Å². The first-order valence-corrected chi connectivity index (χ1v) is 9.64. The molecule has 1 aliphatic carbocycles. The molecule has 146 valence electrons. The Hall–Kier alpha value is -2.96. The van der Waals surface area contributed by atoms with Gasteiger partial charge in [0, 0.05) is 12.1 Å². The lowest BCUT2D eigenvalue weighted by molar-refractivity contribution is -0.146. The lowest BCUT2D eigenvalue weighted by atomic mass is 9.81. The van der Waals surface area contributed by atoms with E-state index in [1.165, 1.54) is 11.2 Å². The quantitative estimate of drug-likeness (QED) is 0.564. The Kier molecular flexibility index (Phi) is 5.23. The molecule has 2 atom stereocenters. The summed E-state index contributed by atoms with van der Waals surface area (Å²) in [6, 6.07) is 9.43. The highest BCUT2D eigenvalue weighted by atomic mass is 16.5. The number of aromatic nitrogens is 1. The van der Waals surface area contributed by atoms with Gasteiger partial charge in [-0.3, -0.25) is 19.3 Å². The molecular formula is C21H22N2O5. The van der Waals surface area contributed by atoms with Crippen molar-refractivity contribution in [3.05, 3.63) is 42.3 Å². The Balaban J connectivity index is 1.27. The van der Waals surface area contributed by atoms with E-state index in [4.69, 9.17) is 9.15 Å². The number of hydrogen-bond donors (Lipinski definition) is 0. The number of esters is 1. The zero-order chi connectivity index (χ0) is 19.5. The van der Waals surface area contributed by atoms with E-state index in [0.29, 0.717) is 11.6 Å². The molecule has 2 fully saturated rings. The lowest BCUT2D eigenvalue weighted by Gasteiger charge is -2.19. The molecule has 0 radical (unpaired) electrons. The van der Waals surface area contributed by atoms with Crippen molar-refractivity contribution in [1.82, 2.24) is 9.88 Å². The highest BCUT2D eigenvalue weighted by Gasteiger charge is 2.47. The van der Waals surface area contributed by atoms with Crippen LogP contribution in [0.25, 0.3) is 11.5 Å². The number of ether oxygens (including phenoxy) is 1. The molecule has 7 nitrogen and oxygen atoms in total. The maximum atomic E-state index is 12.4. The van der Waals surface area contributed by atoms with Crippen molar-refractivity contribution < 1.29 is 23.5 Å². The van der Waals surface area contributed by atoms with E-state index in [9.17, 15) is 14.4 Å². The molecule has 1 aromatic carbocycles. The van der Waals surface area contributed by atoms with E-state index >= 15 is 0 Å². The van der Waals surface area contributed by atoms with Crippen LogP contribution in [-0.2, 0) is 25.7 Å². The van der Waals surface area contributed by atoms with Crippen molar-refractivity contribution in [3.63, 3.8) is 0 Å². The maximum Gasteiger partial charge on any atom is 0.307 e. The van der Waals surface area contributed by atoms with E-state index in [1.54, 1.807) is 0 Å². The van der Waals surface area contributed by atoms with Crippen LogP contribution in [0, 0.1) is 11.8 Å². The highest BCUT2D eigenvalue weighted by Crippen LogP contribution is 2.37. The van der Waals surface area contributed by atoms with Gasteiger partial charge in [0.1, 0.15) is 18.6 Å². The van der Waals surface area contributed by atoms with Crippen LogP contribution in [0.2, 0.25) is 0 Å². The SMILES string of the molecule is O=C(CCN1C(=O)[C@@H]2CCCC[C@H]2C1=O)OCc1coc(-c2ccccc2)n1. The van der Waals surface area contributed by atoms with E-state index < -0.39 is 5.97 Å². The molecule has 1 aromatic heterocycles. The summed E-state index contributed by atoms with van der Waals surface area (Å²) < 4.78 is 10.6. The van der Waals surface area contributed by atoms with Gasteiger partial charge in [-0.1, -0.05) is 31.0 Å². The van der Waals surface area contributed by atoms with Crippen molar-refractivity contribution in [2.24, 2.45) is 11.8 Å². The monoisotopic (exact) mass is 382 g/mol. The van der Waals surface area contributed by atoms with Crippen LogP contribution in [0.15, 0.2) is 41.0 Å². The Morgan fingerprint density at radius 3 is 2.46 bits per heavy atom. The first-order valence-electron chi connectivity index (χ1n) is 9.64. The second kappa shape index (κ2) is 7.96. The first kappa shape index (κ1) is 18.4. The molecule has 28 heavy (non-hydrogen) atoms. The zero-order valence-corrected chi connectivity index (χ0v) is 15.5. The zero-order valence-electron chi connectivity index (χ0n) is 15.5. The van der Waals surface area contributed by atoms with E-state index in [0.717, 1.165) is 31.2 Å². The molecule has 4 rings (SSSR count). The second-order valence-corrected chi connectivity index (χ2v) is 7.25. The summed E-state index contributed by atoms with van der Waals surface area (Å²) >= 11 is 0. The molecule has 0 spiro atoms. The summed E-state index contributed by atoms with van der Waals surface area (Å²) in [4.78, 5) is 42.4. The molecule has 7 heteroatoms. The predicted octanol–water partition coefficient (Wildman–Crippen LogP) is 2.95. The summed E-state index contributed by atoms with van der Waals surface area (Å²) in [5.74, 6) is -0.659. The summed E-state index contributed by atoms with van der Waals surface area (Å²) in [5.41, 5.74) is 1.35. The summed E-state index contributed by atoms with van der Waals surface area (Å²) in [6.45, 7) is 0.0693. The number of rotatable bonds is 6. The van der Waals surface area contributed by atoms with Crippen LogP contribution in [0.5, 0.6) is 0 Å². The summed E-state index contributed by atoms with van der Waals surface area (Å²) in [5, 5.41) is 0. The number of fused-ring (bicyclic) bond motifs is 1. The third-order valence-corrected chi connectivity index (χ3v) is 5.43. The number of nitrogens with zero attached hydrogens (tertiary/aromatic N) is 2. The van der Waals surface area contributed by atoms with Crippen LogP contribution < -0.4 is 0 Å². The smallest absolute Gasteiger partial charge is 0.307 e. The number of oxazole rings is 1. The minimum absolute atomic E-state index is 0.0116. The average Bonchev–Trinajstić information content (AvgIpc) is 3.30. The molecule has 0 unspecified atom stereocenters. The number of likely N-dealkylation sites (tertiary alicyclic amines) is 1. The maximum absolute atomic E-state index is 12.4. The molecule has 0 bridgehead atoms. The first-order chi connectivity index (χ1) is 13.6. The topological polar surface area (TPSA) is 89.7 Å². The van der Waals surface area contributed by atoms with Crippen molar-refractivity contribution in [1.29, 1.82) is 0 Å². The van der Waals surface area contributed by atoms with Crippen LogP contribution in [0.3, 0.4) is 0 Å². The molecule has 1 saturated heterocycles. The fraction of sp³-hybridized carbons (Fsp3) is 0.429. The Morgan fingerprint density at radius 2 is 1.79 bits per heavy atom. The van der Waals surface area contributed by atoms with Crippen LogP contribution in [-0.4, -0.2) is 34.2 Å². The third kappa shape index (κ3) is 3.69. The standard InChI is InChI=1S/C21H22N2O5/c24-18(10-11-23-20(25)16-8-4-5-9-17(16)21(23)26)27-12-15-13-28-19(22-15)14-6-2-1-3-7-14/h1-3,6-7,13,16-17H,4-5,8-12H2/t16-,17-/m1/s1. The molecule has 2 heterocycles. The van der Waals surface area contributed by atoms with Gasteiger partial charge < -0.3 is 9.15 Å². The van der Waals surface area contributed by atoms with E-state index in [-0.39, 0.29) is 43.2 Å². The van der Waals surface area contributed by atoms with Gasteiger partial charge in [-0.05, 0) is 25.0 Å². The molecule has 2 aromatic rings. The van der Waals surface area contributed by atoms with E-state index in [1.807, 2.05) is 30.3 Å². The van der Waals surface area contributed by atoms with Gasteiger partial charge in [0.25, 0.3) is 0 Å². The van der Waals surface area contributed by atoms with Crippen molar-refractivity contribution in [2.75, 3.05) is 6.54 Å². The molecule has 2 aliphatic rings. The largest absolute Gasteiger partial charge is 0.459 e. The summed E-state index contributed by atoms with van der Waals surface area (Å²) in [7, 11) is 0. The fourth-order valence-corrected chi connectivity index (χ4v) is 3.97. The van der Waals surface area contributed by atoms with Crippen molar-refractivity contribution in [2.45, 2.75) is 38.7 Å². The normalized spacial score (nSPS) is 21.6. The van der Waals surface area contributed by atoms with Gasteiger partial charge in [-0.2, -0.15) is 0 Å². The second-order valence-electron chi connectivity index (χ2n) is 7.25. The molecule has 1 aliphatic heterocycles. The number of carbonyl (C=O) groups excluding carboxylic acids is 3. The Morgan fingerprint density at radius 1 is 1.11 bits per heavy atom. The van der Waals surface area contributed by atoms with Crippen LogP contribution >= 0.6 is 0 Å². The molecule has 0 N–H and O–H groups in total. The average molecular weight is 382 g/mol. The predicted molar refractivity (Wildman–Crippen MR) is 98.5 cm³/mol. The molecule has 2 amide bonds. The van der Waals surface area contributed by atoms with Crippen LogP contribution in [0.1, 0.15) is 37.8 Å². The lowest BCUT2D eigenvalue weighted by Crippen LogP contribution is -2.33. The van der Waals surface area contributed by atoms with Gasteiger partial charge in [0.2, 0.25) is 17.7 Å². The minimum Gasteiger partial charge on any atom is -0.459 e. The highest BCUT2D eigenvalue weighted by molar-refractivity contribution is 6.05. The Labute approximate surface area is 162 Å². The van der Waals surface area contributed by atoms with Crippen molar-refractivity contribution in [3.8, 4) is 11.5 Å². The third-order valence-electron chi connectivity index (χ3n) is 5.43. The molecular weight excluding hydrogens is 360 g/mol. The van der Waals surface area contributed by atoms with Gasteiger partial charge in [-0.15, -0.1) is 0 Å². The number of benzene rings is 1. The number of amides is 2. The fourth-order valence-electron chi connectivity index (χ4n) is 3.97. The minimum atomic E-state index is -0.472. The molecule has 1 saturated carbocycles. The summed E-state index contributed by atoms with van der Waals surface area (Å²) in [6.07, 6.45) is 4.95. The van der Waals surface area contributed by atoms with Gasteiger partial charge >= 0.3 is 5.97 Å². The van der Waals surface area contributed by atoms with Gasteiger partial charge in [0.15, 0.2) is 0 Å². The number of imide groups is 1. The Bertz CT molecular complexity index is 852. The van der Waals surface area contributed by atoms with E-state index in [2.05, 4.69) is 4.98 Å².